The van der Waals surface area contributed by atoms with E-state index in [0.29, 0.717) is 6.07 Å². The van der Waals surface area contributed by atoms with Crippen LogP contribution in [-0.2, 0) is 15.7 Å². The first-order valence-corrected chi connectivity index (χ1v) is 5.06. The minimum absolute atomic E-state index is 0.00488. The van der Waals surface area contributed by atoms with Gasteiger partial charge in [-0.3, -0.25) is 0 Å². The Kier molecular flexibility index (Phi) is 4.28. The molecule has 1 atom stereocenters. The van der Waals surface area contributed by atoms with Gasteiger partial charge in [0, 0.05) is 0 Å². The van der Waals surface area contributed by atoms with E-state index in [1.807, 2.05) is 0 Å². The predicted octanol–water partition coefficient (Wildman–Crippen LogP) is 2.41. The van der Waals surface area contributed by atoms with E-state index in [4.69, 9.17) is 5.73 Å². The number of esters is 1. The second-order valence-electron chi connectivity index (χ2n) is 3.46. The summed E-state index contributed by atoms with van der Waals surface area (Å²) in [6, 6.07) is 0.347. The highest BCUT2D eigenvalue weighted by atomic mass is 19.4. The Morgan fingerprint density at radius 3 is 2.56 bits per heavy atom. The average molecular weight is 265 g/mol. The van der Waals surface area contributed by atoms with Gasteiger partial charge in [-0.2, -0.15) is 13.2 Å². The maximum atomic E-state index is 12.8. The summed E-state index contributed by atoms with van der Waals surface area (Å²) in [5.41, 5.74) is 3.59. The number of alkyl halides is 3. The SMILES string of the molecule is CCOC(=O)C(N)c1ccc(F)cc1C(F)(F)F. The van der Waals surface area contributed by atoms with Crippen LogP contribution in [0.15, 0.2) is 18.2 Å². The second-order valence-corrected chi connectivity index (χ2v) is 3.46. The molecule has 0 radical (unpaired) electrons. The summed E-state index contributed by atoms with van der Waals surface area (Å²) in [6.07, 6.45) is -4.79. The lowest BCUT2D eigenvalue weighted by Crippen LogP contribution is -2.26. The number of hydrogen-bond donors (Lipinski definition) is 1. The molecule has 7 heteroatoms. The maximum absolute atomic E-state index is 12.8. The average Bonchev–Trinajstić information content (AvgIpc) is 2.27. The van der Waals surface area contributed by atoms with Crippen LogP contribution in [0.25, 0.3) is 0 Å². The summed E-state index contributed by atoms with van der Waals surface area (Å²) < 4.78 is 55.4. The normalized spacial score (nSPS) is 13.2. The van der Waals surface area contributed by atoms with Crippen LogP contribution in [0.1, 0.15) is 24.1 Å². The predicted molar refractivity (Wildman–Crippen MR) is 55.0 cm³/mol. The molecule has 0 aromatic heterocycles. The molecular weight excluding hydrogens is 254 g/mol. The topological polar surface area (TPSA) is 52.3 Å². The fourth-order valence-corrected chi connectivity index (χ4v) is 1.40. The van der Waals surface area contributed by atoms with Crippen molar-refractivity contribution in [2.75, 3.05) is 6.61 Å². The molecule has 0 fully saturated rings. The van der Waals surface area contributed by atoms with Gasteiger partial charge in [-0.1, -0.05) is 6.07 Å². The number of hydrogen-bond acceptors (Lipinski definition) is 3. The summed E-state index contributed by atoms with van der Waals surface area (Å²) in [5, 5.41) is 0. The third-order valence-corrected chi connectivity index (χ3v) is 2.20. The lowest BCUT2D eigenvalue weighted by atomic mass is 10.0. The van der Waals surface area contributed by atoms with Crippen molar-refractivity contribution in [3.63, 3.8) is 0 Å². The standard InChI is InChI=1S/C11H11F4NO2/c1-2-18-10(17)9(16)7-4-3-6(12)5-8(7)11(13,14)15/h3-5,9H,2,16H2,1H3. The van der Waals surface area contributed by atoms with Crippen LogP contribution in [0.5, 0.6) is 0 Å². The molecule has 0 aliphatic rings. The minimum atomic E-state index is -4.79. The van der Waals surface area contributed by atoms with Crippen molar-refractivity contribution < 1.29 is 27.1 Å². The van der Waals surface area contributed by atoms with Gasteiger partial charge in [-0.05, 0) is 24.6 Å². The number of nitrogens with two attached hydrogens (primary N) is 1. The fraction of sp³-hybridized carbons (Fsp3) is 0.364. The molecule has 1 aromatic rings. The minimum Gasteiger partial charge on any atom is -0.465 e. The molecule has 1 aromatic carbocycles. The van der Waals surface area contributed by atoms with Crippen LogP contribution in [0, 0.1) is 5.82 Å². The van der Waals surface area contributed by atoms with E-state index in [2.05, 4.69) is 4.74 Å². The zero-order chi connectivity index (χ0) is 13.9. The molecule has 0 aliphatic heterocycles. The molecule has 0 bridgehead atoms. The van der Waals surface area contributed by atoms with Gasteiger partial charge in [0.05, 0.1) is 12.2 Å². The summed E-state index contributed by atoms with van der Waals surface area (Å²) in [7, 11) is 0. The van der Waals surface area contributed by atoms with Crippen LogP contribution in [0.2, 0.25) is 0 Å². The highest BCUT2D eigenvalue weighted by Gasteiger charge is 2.36. The Balaban J connectivity index is 3.20. The van der Waals surface area contributed by atoms with E-state index in [0.717, 1.165) is 12.1 Å². The zero-order valence-electron chi connectivity index (χ0n) is 9.42. The first-order valence-electron chi connectivity index (χ1n) is 5.06. The van der Waals surface area contributed by atoms with E-state index in [-0.39, 0.29) is 6.61 Å². The van der Waals surface area contributed by atoms with Gasteiger partial charge in [0.1, 0.15) is 11.9 Å². The molecule has 0 aliphatic carbocycles. The van der Waals surface area contributed by atoms with Crippen LogP contribution in [0.4, 0.5) is 17.6 Å². The Morgan fingerprint density at radius 1 is 1.44 bits per heavy atom. The molecule has 18 heavy (non-hydrogen) atoms. The maximum Gasteiger partial charge on any atom is 0.416 e. The third-order valence-electron chi connectivity index (χ3n) is 2.20. The van der Waals surface area contributed by atoms with Gasteiger partial charge in [0.25, 0.3) is 0 Å². The summed E-state index contributed by atoms with van der Waals surface area (Å²) in [4.78, 5) is 11.3. The first kappa shape index (κ1) is 14.4. The lowest BCUT2D eigenvalue weighted by Gasteiger charge is -2.17. The van der Waals surface area contributed by atoms with Crippen molar-refractivity contribution in [2.24, 2.45) is 5.73 Å². The molecule has 0 spiro atoms. The van der Waals surface area contributed by atoms with Crippen LogP contribution in [0.3, 0.4) is 0 Å². The summed E-state index contributed by atoms with van der Waals surface area (Å²) in [6.45, 7) is 1.50. The van der Waals surface area contributed by atoms with Gasteiger partial charge < -0.3 is 10.5 Å². The van der Waals surface area contributed by atoms with E-state index >= 15 is 0 Å². The highest BCUT2D eigenvalue weighted by molar-refractivity contribution is 5.78. The number of halogens is 4. The van der Waals surface area contributed by atoms with Crippen molar-refractivity contribution >= 4 is 5.97 Å². The monoisotopic (exact) mass is 265 g/mol. The zero-order valence-corrected chi connectivity index (χ0v) is 9.42. The number of benzene rings is 1. The molecule has 0 amide bonds. The smallest absolute Gasteiger partial charge is 0.416 e. The Labute approximate surface area is 101 Å². The molecule has 0 saturated carbocycles. The molecule has 2 N–H and O–H groups in total. The van der Waals surface area contributed by atoms with Crippen LogP contribution >= 0.6 is 0 Å². The lowest BCUT2D eigenvalue weighted by molar-refractivity contribution is -0.146. The number of carbonyl (C=O) groups is 1. The fourth-order valence-electron chi connectivity index (χ4n) is 1.40. The van der Waals surface area contributed by atoms with Crippen molar-refractivity contribution in [1.82, 2.24) is 0 Å². The largest absolute Gasteiger partial charge is 0.465 e. The van der Waals surface area contributed by atoms with Gasteiger partial charge >= 0.3 is 12.1 Å². The van der Waals surface area contributed by atoms with Crippen molar-refractivity contribution in [1.29, 1.82) is 0 Å². The van der Waals surface area contributed by atoms with E-state index in [9.17, 15) is 22.4 Å². The second kappa shape index (κ2) is 5.34. The van der Waals surface area contributed by atoms with Gasteiger partial charge in [0.2, 0.25) is 0 Å². The van der Waals surface area contributed by atoms with Gasteiger partial charge in [-0.15, -0.1) is 0 Å². The van der Waals surface area contributed by atoms with Crippen molar-refractivity contribution in [2.45, 2.75) is 19.1 Å². The molecule has 1 unspecified atom stereocenters. The Hall–Kier alpha value is -1.63. The molecule has 0 heterocycles. The van der Waals surface area contributed by atoms with Gasteiger partial charge in [0.15, 0.2) is 0 Å². The number of carbonyl (C=O) groups excluding carboxylic acids is 1. The highest BCUT2D eigenvalue weighted by Crippen LogP contribution is 2.34. The molecule has 0 saturated heterocycles. The summed E-state index contributed by atoms with van der Waals surface area (Å²) in [5.74, 6) is -2.04. The Bertz CT molecular complexity index is 445. The summed E-state index contributed by atoms with van der Waals surface area (Å²) >= 11 is 0. The molecule has 100 valence electrons. The number of rotatable bonds is 3. The van der Waals surface area contributed by atoms with E-state index < -0.39 is 35.1 Å². The molecule has 3 nitrogen and oxygen atoms in total. The van der Waals surface area contributed by atoms with Crippen LogP contribution in [-0.4, -0.2) is 12.6 Å². The first-order chi connectivity index (χ1) is 8.27. The van der Waals surface area contributed by atoms with Gasteiger partial charge in [-0.25, -0.2) is 9.18 Å². The van der Waals surface area contributed by atoms with Crippen molar-refractivity contribution in [3.8, 4) is 0 Å². The molecule has 1 rings (SSSR count). The van der Waals surface area contributed by atoms with Crippen molar-refractivity contribution in [3.05, 3.63) is 35.1 Å². The molecular formula is C11H11F4NO2. The Morgan fingerprint density at radius 2 is 2.06 bits per heavy atom. The van der Waals surface area contributed by atoms with Crippen LogP contribution < -0.4 is 5.73 Å². The quantitative estimate of drug-likeness (QED) is 0.674. The van der Waals surface area contributed by atoms with E-state index in [1.54, 1.807) is 0 Å². The van der Waals surface area contributed by atoms with E-state index in [1.165, 1.54) is 6.92 Å². The third kappa shape index (κ3) is 3.19. The number of ether oxygens (including phenoxy) is 1.